The fourth-order valence-electron chi connectivity index (χ4n) is 3.74. The summed E-state index contributed by atoms with van der Waals surface area (Å²) in [5.74, 6) is -0.843. The van der Waals surface area contributed by atoms with Crippen molar-refractivity contribution in [3.8, 4) is 18.2 Å². The van der Waals surface area contributed by atoms with E-state index in [0.29, 0.717) is 11.8 Å². The van der Waals surface area contributed by atoms with Crippen LogP contribution in [0, 0.1) is 30.9 Å². The number of benzene rings is 1. The van der Waals surface area contributed by atoms with E-state index < -0.39 is 40.4 Å². The van der Waals surface area contributed by atoms with Crippen LogP contribution in [0.25, 0.3) is 0 Å². The van der Waals surface area contributed by atoms with Gasteiger partial charge in [-0.05, 0) is 40.2 Å². The first-order valence-electron chi connectivity index (χ1n) is 10.4. The van der Waals surface area contributed by atoms with Gasteiger partial charge in [-0.1, -0.05) is 17.7 Å². The van der Waals surface area contributed by atoms with Gasteiger partial charge in [-0.2, -0.15) is 0 Å². The number of aryl methyl sites for hydroxylation is 1. The highest BCUT2D eigenvalue weighted by Gasteiger charge is 2.48. The summed E-state index contributed by atoms with van der Waals surface area (Å²) in [4.78, 5) is 25.1. The summed E-state index contributed by atoms with van der Waals surface area (Å²) in [7, 11) is 0. The van der Waals surface area contributed by atoms with Crippen molar-refractivity contribution in [1.82, 2.24) is 9.97 Å². The molecule has 3 rings (SSSR count). The first-order valence-corrected chi connectivity index (χ1v) is 11.2. The summed E-state index contributed by atoms with van der Waals surface area (Å²) in [6, 6.07) is 1.91. The predicted molar refractivity (Wildman–Crippen MR) is 126 cm³/mol. The zero-order valence-corrected chi connectivity index (χ0v) is 20.1. The van der Waals surface area contributed by atoms with E-state index >= 15 is 0 Å². The van der Waals surface area contributed by atoms with Crippen LogP contribution in [0.15, 0.2) is 23.3 Å². The Bertz CT molecular complexity index is 1240. The van der Waals surface area contributed by atoms with Crippen molar-refractivity contribution in [1.29, 1.82) is 0 Å². The van der Waals surface area contributed by atoms with E-state index in [1.54, 1.807) is 6.92 Å². The highest BCUT2D eigenvalue weighted by Crippen LogP contribution is 2.49. The van der Waals surface area contributed by atoms with Crippen molar-refractivity contribution in [2.45, 2.75) is 56.9 Å². The van der Waals surface area contributed by atoms with Crippen LogP contribution in [0.4, 0.5) is 23.2 Å². The Labute approximate surface area is 204 Å². The molecule has 12 heteroatoms. The number of amides is 1. The summed E-state index contributed by atoms with van der Waals surface area (Å²) in [5.41, 5.74) is 3.83. The van der Waals surface area contributed by atoms with Crippen molar-refractivity contribution in [2.75, 3.05) is 5.32 Å². The van der Waals surface area contributed by atoms with Gasteiger partial charge in [0.15, 0.2) is 22.9 Å². The number of hydrogen-bond acceptors (Lipinski definition) is 7. The van der Waals surface area contributed by atoms with Gasteiger partial charge in [-0.25, -0.2) is 27.5 Å². The molecular formula is C23H23F4N5O2S. The molecule has 0 radical (unpaired) electrons. The molecule has 0 spiro atoms. The fraction of sp³-hybridized carbons (Fsp3) is 0.391. The third-order valence-electron chi connectivity index (χ3n) is 5.39. The number of rotatable bonds is 6. The Balaban J connectivity index is 1.94. The molecule has 0 bridgehead atoms. The molecule has 2 heterocycles. The SMILES string of the molecule is C#C[C@H](C)Oc1cnc(C(=O)Nc2cc(F)c(F)c([C@]3(C)C[C@](C)(C(F)F)SC(N)=N3)c2)c(C)n1. The molecule has 1 aromatic heterocycles. The van der Waals surface area contributed by atoms with Crippen molar-refractivity contribution in [3.05, 3.63) is 46.9 Å². The minimum absolute atomic E-state index is 0.0928. The average molecular weight is 510 g/mol. The van der Waals surface area contributed by atoms with Gasteiger partial charge in [0.2, 0.25) is 5.88 Å². The van der Waals surface area contributed by atoms with E-state index in [-0.39, 0.29) is 40.1 Å². The van der Waals surface area contributed by atoms with Crippen molar-refractivity contribution >= 4 is 28.5 Å². The number of carbonyl (C=O) groups is 1. The molecule has 1 aliphatic heterocycles. The minimum atomic E-state index is -2.80. The van der Waals surface area contributed by atoms with Gasteiger partial charge < -0.3 is 15.8 Å². The number of aromatic nitrogens is 2. The summed E-state index contributed by atoms with van der Waals surface area (Å²) in [5, 5.41) is 2.26. The van der Waals surface area contributed by atoms with E-state index in [1.807, 2.05) is 0 Å². The van der Waals surface area contributed by atoms with E-state index in [1.165, 1.54) is 27.0 Å². The normalized spacial score (nSPS) is 22.8. The Hall–Kier alpha value is -3.33. The molecule has 0 aliphatic carbocycles. The van der Waals surface area contributed by atoms with Crippen LogP contribution in [0.1, 0.15) is 48.9 Å². The maximum absolute atomic E-state index is 14.9. The van der Waals surface area contributed by atoms with E-state index in [4.69, 9.17) is 16.9 Å². The Kier molecular flexibility index (Phi) is 7.31. The predicted octanol–water partition coefficient (Wildman–Crippen LogP) is 4.41. The number of nitrogens with zero attached hydrogens (tertiary/aromatic N) is 3. The standard InChI is InChI=1S/C23H23F4N5O2S/c1-6-11(2)34-16-9-29-18(12(3)30-16)19(33)31-13-7-14(17(25)15(24)8-13)22(4)10-23(5,20(26)27)35-21(28)32-22/h1,7-9,11,20H,10H2,2-5H3,(H2,28,32)(H,31,33)/t11-,22-,23+/m0/s1. The molecule has 35 heavy (non-hydrogen) atoms. The van der Waals surface area contributed by atoms with Gasteiger partial charge in [0, 0.05) is 17.3 Å². The molecule has 1 amide bonds. The second kappa shape index (κ2) is 9.73. The van der Waals surface area contributed by atoms with E-state index in [9.17, 15) is 22.4 Å². The van der Waals surface area contributed by atoms with Crippen LogP contribution in [0.2, 0.25) is 0 Å². The number of hydrogen-bond donors (Lipinski definition) is 2. The highest BCUT2D eigenvalue weighted by atomic mass is 32.2. The van der Waals surface area contributed by atoms with Crippen LogP contribution in [-0.2, 0) is 5.54 Å². The molecule has 3 N–H and O–H groups in total. The lowest BCUT2D eigenvalue weighted by Crippen LogP contribution is -2.44. The summed E-state index contributed by atoms with van der Waals surface area (Å²) in [6.45, 7) is 5.80. The number of halogens is 4. The zero-order valence-electron chi connectivity index (χ0n) is 19.3. The van der Waals surface area contributed by atoms with Gasteiger partial charge in [-0.3, -0.25) is 9.79 Å². The monoisotopic (exact) mass is 509 g/mol. The first-order chi connectivity index (χ1) is 16.3. The number of carbonyl (C=O) groups excluding carboxylic acids is 1. The molecule has 0 saturated heterocycles. The summed E-state index contributed by atoms with van der Waals surface area (Å²) in [6.07, 6.45) is 2.78. The smallest absolute Gasteiger partial charge is 0.276 e. The number of aliphatic imine (C=N–C) groups is 1. The van der Waals surface area contributed by atoms with Crippen LogP contribution < -0.4 is 15.8 Å². The molecule has 7 nitrogen and oxygen atoms in total. The number of alkyl halides is 2. The molecule has 0 fully saturated rings. The van der Waals surface area contributed by atoms with Gasteiger partial charge in [0.25, 0.3) is 12.3 Å². The summed E-state index contributed by atoms with van der Waals surface area (Å²) >= 11 is 0.679. The number of terminal acetylenes is 1. The van der Waals surface area contributed by atoms with Crippen molar-refractivity contribution < 1.29 is 27.1 Å². The molecule has 0 saturated carbocycles. The number of amidine groups is 1. The minimum Gasteiger partial charge on any atom is -0.460 e. The van der Waals surface area contributed by atoms with Gasteiger partial charge in [-0.15, -0.1) is 6.42 Å². The van der Waals surface area contributed by atoms with Crippen LogP contribution in [-0.4, -0.2) is 38.3 Å². The number of thioether (sulfide) groups is 1. The molecule has 1 aliphatic rings. The topological polar surface area (TPSA) is 102 Å². The zero-order chi connectivity index (χ0) is 26.1. The van der Waals surface area contributed by atoms with Crippen LogP contribution in [0.5, 0.6) is 5.88 Å². The Morgan fingerprint density at radius 1 is 1.34 bits per heavy atom. The maximum atomic E-state index is 14.9. The van der Waals surface area contributed by atoms with Gasteiger partial charge in [0.1, 0.15) is 5.69 Å². The average Bonchev–Trinajstić information content (AvgIpc) is 2.74. The molecule has 1 aromatic carbocycles. The number of anilines is 1. The van der Waals surface area contributed by atoms with E-state index in [0.717, 1.165) is 12.1 Å². The highest BCUT2D eigenvalue weighted by molar-refractivity contribution is 8.15. The lowest BCUT2D eigenvalue weighted by Gasteiger charge is -2.40. The molecule has 0 unspecified atom stereocenters. The quantitative estimate of drug-likeness (QED) is 0.442. The largest absolute Gasteiger partial charge is 0.460 e. The lowest BCUT2D eigenvalue weighted by molar-refractivity contribution is 0.0892. The number of nitrogens with one attached hydrogen (secondary N) is 1. The van der Waals surface area contributed by atoms with Crippen molar-refractivity contribution in [2.24, 2.45) is 10.7 Å². The number of nitrogens with two attached hydrogens (primary N) is 1. The third kappa shape index (κ3) is 5.51. The maximum Gasteiger partial charge on any atom is 0.276 e. The fourth-order valence-corrected chi connectivity index (χ4v) is 4.91. The number of ether oxygens (including phenoxy) is 1. The lowest BCUT2D eigenvalue weighted by atomic mass is 9.82. The third-order valence-corrected chi connectivity index (χ3v) is 6.48. The Morgan fingerprint density at radius 2 is 2.03 bits per heavy atom. The van der Waals surface area contributed by atoms with Gasteiger partial charge in [0.05, 0.1) is 22.2 Å². The second-order valence-corrected chi connectivity index (χ2v) is 10.0. The first kappa shape index (κ1) is 26.3. The molecule has 186 valence electrons. The van der Waals surface area contributed by atoms with Crippen molar-refractivity contribution in [3.63, 3.8) is 0 Å². The molecular weight excluding hydrogens is 486 g/mol. The van der Waals surface area contributed by atoms with Gasteiger partial charge >= 0.3 is 0 Å². The second-order valence-electron chi connectivity index (χ2n) is 8.46. The summed E-state index contributed by atoms with van der Waals surface area (Å²) < 4.78 is 60.5. The van der Waals surface area contributed by atoms with Crippen LogP contribution >= 0.6 is 11.8 Å². The molecule has 3 atom stereocenters. The molecule has 2 aromatic rings. The Morgan fingerprint density at radius 3 is 2.63 bits per heavy atom. The van der Waals surface area contributed by atoms with E-state index in [2.05, 4.69) is 26.2 Å². The van der Waals surface area contributed by atoms with Crippen LogP contribution in [0.3, 0.4) is 0 Å².